The van der Waals surface area contributed by atoms with Crippen molar-refractivity contribution in [2.75, 3.05) is 11.6 Å². The molecule has 1 aromatic carbocycles. The predicted octanol–water partition coefficient (Wildman–Crippen LogP) is 4.40. The zero-order valence-corrected chi connectivity index (χ0v) is 14.6. The fourth-order valence-corrected chi connectivity index (χ4v) is 4.54. The van der Waals surface area contributed by atoms with Crippen LogP contribution in [0.2, 0.25) is 0 Å². The van der Waals surface area contributed by atoms with Gasteiger partial charge < -0.3 is 5.32 Å². The number of hydrogen-bond acceptors (Lipinski definition) is 4. The number of fused-ring (bicyclic) bond motifs is 1. The molecule has 1 N–H and O–H groups in total. The molecule has 1 amide bonds. The molecule has 23 heavy (non-hydrogen) atoms. The first-order valence-electron chi connectivity index (χ1n) is 7.68. The average Bonchev–Trinajstić information content (AvgIpc) is 2.92. The zero-order chi connectivity index (χ0) is 16.2. The second-order valence-corrected chi connectivity index (χ2v) is 7.58. The average molecular weight is 342 g/mol. The molecule has 0 radical (unpaired) electrons. The van der Waals surface area contributed by atoms with Crippen LogP contribution in [-0.4, -0.2) is 12.2 Å². The van der Waals surface area contributed by atoms with Crippen LogP contribution >= 0.6 is 23.1 Å². The number of anilines is 1. The first-order chi connectivity index (χ1) is 11.2. The van der Waals surface area contributed by atoms with Crippen molar-refractivity contribution < 1.29 is 4.79 Å². The number of hydrogen-bond donors (Lipinski definition) is 1. The molecule has 0 saturated heterocycles. The van der Waals surface area contributed by atoms with Gasteiger partial charge in [0.25, 0.3) is 0 Å². The lowest BCUT2D eigenvalue weighted by molar-refractivity contribution is -0.115. The van der Waals surface area contributed by atoms with E-state index in [2.05, 4.69) is 11.4 Å². The number of rotatable bonds is 4. The Hall–Kier alpha value is -1.77. The number of carbonyl (C=O) groups excluding carboxylic acids is 1. The van der Waals surface area contributed by atoms with Gasteiger partial charge in [0.15, 0.2) is 0 Å². The third-order valence-corrected chi connectivity index (χ3v) is 6.01. The van der Waals surface area contributed by atoms with Crippen molar-refractivity contribution in [1.82, 2.24) is 0 Å². The van der Waals surface area contributed by atoms with Crippen LogP contribution in [0, 0.1) is 11.3 Å². The van der Waals surface area contributed by atoms with Crippen molar-refractivity contribution in [2.24, 2.45) is 0 Å². The minimum absolute atomic E-state index is 0.0583. The molecule has 1 aliphatic carbocycles. The van der Waals surface area contributed by atoms with Gasteiger partial charge in [-0.15, -0.1) is 23.1 Å². The van der Waals surface area contributed by atoms with Gasteiger partial charge in [0.05, 0.1) is 12.0 Å². The molecule has 3 nitrogen and oxygen atoms in total. The van der Waals surface area contributed by atoms with Crippen LogP contribution in [0.15, 0.2) is 29.2 Å². The summed E-state index contributed by atoms with van der Waals surface area (Å²) in [5.74, 6) is -0.0583. The Labute approximate surface area is 144 Å². The van der Waals surface area contributed by atoms with Crippen molar-refractivity contribution in [3.63, 3.8) is 0 Å². The SMILES string of the molecule is CSc1ccc(CC(=O)Nc2sc3c(c2C#N)CCCC3)cc1. The number of amides is 1. The Balaban J connectivity index is 1.72. The molecule has 0 spiro atoms. The topological polar surface area (TPSA) is 52.9 Å². The normalized spacial score (nSPS) is 13.2. The molecule has 5 heteroatoms. The number of thioether (sulfide) groups is 1. The van der Waals surface area contributed by atoms with E-state index in [-0.39, 0.29) is 5.91 Å². The number of carbonyl (C=O) groups is 1. The summed E-state index contributed by atoms with van der Waals surface area (Å²) in [7, 11) is 0. The molecule has 1 aliphatic rings. The van der Waals surface area contributed by atoms with E-state index in [4.69, 9.17) is 0 Å². The minimum atomic E-state index is -0.0583. The summed E-state index contributed by atoms with van der Waals surface area (Å²) in [5, 5.41) is 13.1. The van der Waals surface area contributed by atoms with Gasteiger partial charge >= 0.3 is 0 Å². The van der Waals surface area contributed by atoms with E-state index in [9.17, 15) is 10.1 Å². The maximum Gasteiger partial charge on any atom is 0.229 e. The molecular weight excluding hydrogens is 324 g/mol. The van der Waals surface area contributed by atoms with Crippen molar-refractivity contribution in [2.45, 2.75) is 37.0 Å². The number of nitriles is 1. The molecule has 1 aromatic heterocycles. The Morgan fingerprint density at radius 1 is 1.30 bits per heavy atom. The molecule has 2 aromatic rings. The maximum absolute atomic E-state index is 12.3. The molecule has 3 rings (SSSR count). The van der Waals surface area contributed by atoms with Crippen LogP contribution in [-0.2, 0) is 24.1 Å². The van der Waals surface area contributed by atoms with Crippen LogP contribution in [0.1, 0.15) is 34.4 Å². The third-order valence-electron chi connectivity index (χ3n) is 4.06. The third kappa shape index (κ3) is 3.60. The van der Waals surface area contributed by atoms with E-state index < -0.39 is 0 Å². The lowest BCUT2D eigenvalue weighted by Gasteiger charge is -2.09. The monoisotopic (exact) mass is 342 g/mol. The summed E-state index contributed by atoms with van der Waals surface area (Å²) in [4.78, 5) is 14.8. The Morgan fingerprint density at radius 2 is 2.04 bits per heavy atom. The number of aryl methyl sites for hydroxylation is 1. The van der Waals surface area contributed by atoms with Crippen LogP contribution < -0.4 is 5.32 Å². The summed E-state index contributed by atoms with van der Waals surface area (Å²) in [6, 6.07) is 10.3. The van der Waals surface area contributed by atoms with Crippen LogP contribution in [0.5, 0.6) is 0 Å². The van der Waals surface area contributed by atoms with E-state index in [1.807, 2.05) is 30.5 Å². The summed E-state index contributed by atoms with van der Waals surface area (Å²) in [6.45, 7) is 0. The zero-order valence-electron chi connectivity index (χ0n) is 13.0. The summed E-state index contributed by atoms with van der Waals surface area (Å²) in [6.07, 6.45) is 6.66. The highest BCUT2D eigenvalue weighted by atomic mass is 32.2. The fourth-order valence-electron chi connectivity index (χ4n) is 2.87. The van der Waals surface area contributed by atoms with Crippen molar-refractivity contribution >= 4 is 34.0 Å². The van der Waals surface area contributed by atoms with Crippen molar-refractivity contribution in [3.05, 3.63) is 45.8 Å². The van der Waals surface area contributed by atoms with Gasteiger partial charge in [0.2, 0.25) is 5.91 Å². The molecule has 0 atom stereocenters. The van der Waals surface area contributed by atoms with Gasteiger partial charge in [-0.2, -0.15) is 5.26 Å². The largest absolute Gasteiger partial charge is 0.316 e. The highest BCUT2D eigenvalue weighted by molar-refractivity contribution is 7.98. The van der Waals surface area contributed by atoms with Crippen molar-refractivity contribution in [1.29, 1.82) is 5.26 Å². The fraction of sp³-hybridized carbons (Fsp3) is 0.333. The number of benzene rings is 1. The smallest absolute Gasteiger partial charge is 0.229 e. The molecular formula is C18H18N2OS2. The van der Waals surface area contributed by atoms with E-state index in [0.29, 0.717) is 12.0 Å². The number of nitrogens with one attached hydrogen (secondary N) is 1. The maximum atomic E-state index is 12.3. The van der Waals surface area contributed by atoms with Gasteiger partial charge in [-0.25, -0.2) is 0 Å². The Morgan fingerprint density at radius 3 is 2.74 bits per heavy atom. The highest BCUT2D eigenvalue weighted by Gasteiger charge is 2.21. The minimum Gasteiger partial charge on any atom is -0.316 e. The summed E-state index contributed by atoms with van der Waals surface area (Å²) >= 11 is 3.26. The summed E-state index contributed by atoms with van der Waals surface area (Å²) < 4.78 is 0. The van der Waals surface area contributed by atoms with E-state index >= 15 is 0 Å². The van der Waals surface area contributed by atoms with E-state index in [1.165, 1.54) is 16.2 Å². The lowest BCUT2D eigenvalue weighted by Crippen LogP contribution is -2.14. The second kappa shape index (κ2) is 7.20. The lowest BCUT2D eigenvalue weighted by atomic mass is 9.96. The molecule has 0 fully saturated rings. The molecule has 0 unspecified atom stereocenters. The van der Waals surface area contributed by atoms with Crippen LogP contribution in [0.3, 0.4) is 0 Å². The van der Waals surface area contributed by atoms with Gasteiger partial charge in [-0.1, -0.05) is 12.1 Å². The first-order valence-corrected chi connectivity index (χ1v) is 9.73. The predicted molar refractivity (Wildman–Crippen MR) is 96.2 cm³/mol. The molecule has 0 saturated carbocycles. The molecule has 118 valence electrons. The summed E-state index contributed by atoms with van der Waals surface area (Å²) in [5.41, 5.74) is 2.82. The number of nitrogens with zero attached hydrogens (tertiary/aromatic N) is 1. The van der Waals surface area contributed by atoms with Gasteiger partial charge in [0, 0.05) is 9.77 Å². The van der Waals surface area contributed by atoms with Gasteiger partial charge in [-0.3, -0.25) is 4.79 Å². The van der Waals surface area contributed by atoms with Crippen LogP contribution in [0.4, 0.5) is 5.00 Å². The molecule has 1 heterocycles. The Bertz CT molecular complexity index is 757. The van der Waals surface area contributed by atoms with E-state index in [0.717, 1.165) is 35.4 Å². The Kier molecular flexibility index (Phi) is 5.04. The standard InChI is InChI=1S/C18H18N2OS2/c1-22-13-8-6-12(7-9-13)10-17(21)20-18-15(11-19)14-4-2-3-5-16(14)23-18/h6-9H,2-5,10H2,1H3,(H,20,21). The van der Waals surface area contributed by atoms with Gasteiger partial charge in [0.1, 0.15) is 11.1 Å². The van der Waals surface area contributed by atoms with Crippen molar-refractivity contribution in [3.8, 4) is 6.07 Å². The molecule has 0 aliphatic heterocycles. The second-order valence-electron chi connectivity index (χ2n) is 5.60. The first kappa shape index (κ1) is 16.1. The molecule has 0 bridgehead atoms. The van der Waals surface area contributed by atoms with Gasteiger partial charge in [-0.05, 0) is 55.2 Å². The van der Waals surface area contributed by atoms with E-state index in [1.54, 1.807) is 23.1 Å². The number of thiophene rings is 1. The highest BCUT2D eigenvalue weighted by Crippen LogP contribution is 2.37. The van der Waals surface area contributed by atoms with Crippen LogP contribution in [0.25, 0.3) is 0 Å². The quantitative estimate of drug-likeness (QED) is 0.838.